The zero-order valence-electron chi connectivity index (χ0n) is 12.8. The van der Waals surface area contributed by atoms with Crippen molar-refractivity contribution in [2.75, 3.05) is 11.6 Å². The number of nitrogens with zero attached hydrogens (tertiary/aromatic N) is 3. The SMILES string of the molecule is Nn1c(SCC(=O)NCc2ccco2)nnc1-c1cc(Cl)ccc1Cl. The normalized spacial score (nSPS) is 10.8. The molecule has 1 aromatic carbocycles. The molecule has 0 aliphatic heterocycles. The van der Waals surface area contributed by atoms with Crippen LogP contribution < -0.4 is 11.2 Å². The number of nitrogens with two attached hydrogens (primary N) is 1. The van der Waals surface area contributed by atoms with Crippen LogP contribution in [0.4, 0.5) is 0 Å². The summed E-state index contributed by atoms with van der Waals surface area (Å²) in [6, 6.07) is 8.52. The number of nitrogen functional groups attached to an aromatic ring is 1. The molecule has 0 aliphatic carbocycles. The van der Waals surface area contributed by atoms with E-state index in [-0.39, 0.29) is 11.7 Å². The monoisotopic (exact) mass is 397 g/mol. The highest BCUT2D eigenvalue weighted by Gasteiger charge is 2.16. The molecule has 0 unspecified atom stereocenters. The molecule has 2 aromatic heterocycles. The summed E-state index contributed by atoms with van der Waals surface area (Å²) in [6.45, 7) is 0.324. The maximum absolute atomic E-state index is 11.9. The van der Waals surface area contributed by atoms with Gasteiger partial charge in [-0.2, -0.15) is 0 Å². The van der Waals surface area contributed by atoms with E-state index in [1.165, 1.54) is 4.68 Å². The van der Waals surface area contributed by atoms with Gasteiger partial charge in [-0.25, -0.2) is 4.68 Å². The molecule has 0 saturated heterocycles. The number of hydrogen-bond acceptors (Lipinski definition) is 6. The summed E-state index contributed by atoms with van der Waals surface area (Å²) in [7, 11) is 0. The average molecular weight is 398 g/mol. The lowest BCUT2D eigenvalue weighted by atomic mass is 10.2. The van der Waals surface area contributed by atoms with Gasteiger partial charge in [0.2, 0.25) is 11.1 Å². The van der Waals surface area contributed by atoms with E-state index in [0.29, 0.717) is 38.9 Å². The summed E-state index contributed by atoms with van der Waals surface area (Å²) >= 11 is 13.3. The predicted octanol–water partition coefficient (Wildman–Crippen LogP) is 2.97. The lowest BCUT2D eigenvalue weighted by Gasteiger charge is -2.06. The number of amides is 1. The average Bonchev–Trinajstić information content (AvgIpc) is 3.23. The number of furan rings is 1. The Kier molecular flexibility index (Phi) is 5.52. The van der Waals surface area contributed by atoms with Crippen molar-refractivity contribution in [2.45, 2.75) is 11.7 Å². The minimum Gasteiger partial charge on any atom is -0.467 e. The van der Waals surface area contributed by atoms with Crippen LogP contribution in [0.15, 0.2) is 46.2 Å². The van der Waals surface area contributed by atoms with E-state index in [2.05, 4.69) is 15.5 Å². The molecule has 10 heteroatoms. The number of thioether (sulfide) groups is 1. The Balaban J connectivity index is 1.63. The van der Waals surface area contributed by atoms with Crippen LogP contribution in [0.3, 0.4) is 0 Å². The van der Waals surface area contributed by atoms with Crippen molar-refractivity contribution in [3.63, 3.8) is 0 Å². The molecule has 0 fully saturated rings. The second-order valence-electron chi connectivity index (χ2n) is 4.95. The molecule has 1 amide bonds. The van der Waals surface area contributed by atoms with Gasteiger partial charge in [0.1, 0.15) is 5.76 Å². The van der Waals surface area contributed by atoms with Crippen LogP contribution in [0, 0.1) is 0 Å². The topological polar surface area (TPSA) is 99.0 Å². The van der Waals surface area contributed by atoms with E-state index < -0.39 is 0 Å². The summed E-state index contributed by atoms with van der Waals surface area (Å²) < 4.78 is 6.43. The van der Waals surface area contributed by atoms with Gasteiger partial charge in [0.25, 0.3) is 0 Å². The summed E-state index contributed by atoms with van der Waals surface area (Å²) in [5.41, 5.74) is 0.568. The molecule has 0 aliphatic rings. The number of aromatic nitrogens is 3. The Morgan fingerprint density at radius 2 is 2.16 bits per heavy atom. The Morgan fingerprint density at radius 3 is 2.92 bits per heavy atom. The van der Waals surface area contributed by atoms with Gasteiger partial charge in [-0.1, -0.05) is 35.0 Å². The maximum Gasteiger partial charge on any atom is 0.230 e. The first-order valence-electron chi connectivity index (χ1n) is 7.12. The van der Waals surface area contributed by atoms with Gasteiger partial charge in [-0.05, 0) is 30.3 Å². The molecular formula is C15H13Cl2N5O2S. The number of carbonyl (C=O) groups excluding carboxylic acids is 1. The van der Waals surface area contributed by atoms with Crippen molar-refractivity contribution in [3.05, 3.63) is 52.4 Å². The molecule has 3 aromatic rings. The lowest BCUT2D eigenvalue weighted by molar-refractivity contribution is -0.118. The summed E-state index contributed by atoms with van der Waals surface area (Å²) in [5.74, 6) is 7.02. The quantitative estimate of drug-likeness (QED) is 0.489. The zero-order valence-corrected chi connectivity index (χ0v) is 15.1. The highest BCUT2D eigenvalue weighted by Crippen LogP contribution is 2.30. The molecule has 0 spiro atoms. The van der Waals surface area contributed by atoms with Gasteiger partial charge in [0.05, 0.1) is 23.6 Å². The number of rotatable bonds is 6. The molecule has 2 heterocycles. The van der Waals surface area contributed by atoms with E-state index in [9.17, 15) is 4.79 Å². The molecule has 7 nitrogen and oxygen atoms in total. The molecule has 0 bridgehead atoms. The first-order valence-corrected chi connectivity index (χ1v) is 8.86. The van der Waals surface area contributed by atoms with Crippen molar-refractivity contribution in [3.8, 4) is 11.4 Å². The van der Waals surface area contributed by atoms with Crippen LogP contribution in [0.25, 0.3) is 11.4 Å². The van der Waals surface area contributed by atoms with Gasteiger partial charge in [0.15, 0.2) is 5.82 Å². The first kappa shape index (κ1) is 17.7. The Labute approximate surface area is 157 Å². The molecule has 3 rings (SSSR count). The van der Waals surface area contributed by atoms with Crippen LogP contribution in [0.5, 0.6) is 0 Å². The number of nitrogens with one attached hydrogen (secondary N) is 1. The second-order valence-corrected chi connectivity index (χ2v) is 6.73. The van der Waals surface area contributed by atoms with Crippen LogP contribution >= 0.6 is 35.0 Å². The van der Waals surface area contributed by atoms with Gasteiger partial charge in [0, 0.05) is 10.6 Å². The third-order valence-corrected chi connectivity index (χ3v) is 4.71. The van der Waals surface area contributed by atoms with Crippen LogP contribution in [-0.2, 0) is 11.3 Å². The highest BCUT2D eigenvalue weighted by atomic mass is 35.5. The van der Waals surface area contributed by atoms with Crippen molar-refractivity contribution in [1.29, 1.82) is 0 Å². The van der Waals surface area contributed by atoms with Crippen LogP contribution in [-0.4, -0.2) is 26.5 Å². The fourth-order valence-corrected chi connectivity index (χ4v) is 3.07. The molecule has 0 radical (unpaired) electrons. The van der Waals surface area contributed by atoms with E-state index >= 15 is 0 Å². The van der Waals surface area contributed by atoms with Crippen molar-refractivity contribution in [1.82, 2.24) is 20.2 Å². The van der Waals surface area contributed by atoms with Gasteiger partial charge in [-0.15, -0.1) is 10.2 Å². The van der Waals surface area contributed by atoms with Crippen LogP contribution in [0.2, 0.25) is 10.0 Å². The third kappa shape index (κ3) is 4.28. The zero-order chi connectivity index (χ0) is 17.8. The van der Waals surface area contributed by atoms with E-state index in [4.69, 9.17) is 33.5 Å². The number of carbonyl (C=O) groups is 1. The molecule has 0 saturated carbocycles. The minimum absolute atomic E-state index is 0.138. The van der Waals surface area contributed by atoms with Crippen molar-refractivity contribution in [2.24, 2.45) is 0 Å². The largest absolute Gasteiger partial charge is 0.467 e. The molecule has 25 heavy (non-hydrogen) atoms. The first-order chi connectivity index (χ1) is 12.0. The van der Waals surface area contributed by atoms with E-state index in [1.807, 2.05) is 0 Å². The number of hydrogen-bond donors (Lipinski definition) is 2. The Morgan fingerprint density at radius 1 is 1.32 bits per heavy atom. The molecule has 130 valence electrons. The highest BCUT2D eigenvalue weighted by molar-refractivity contribution is 7.99. The minimum atomic E-state index is -0.174. The number of benzene rings is 1. The second kappa shape index (κ2) is 7.81. The van der Waals surface area contributed by atoms with Gasteiger partial charge < -0.3 is 15.6 Å². The van der Waals surface area contributed by atoms with E-state index in [0.717, 1.165) is 11.8 Å². The Hall–Kier alpha value is -2.16. The third-order valence-electron chi connectivity index (χ3n) is 3.21. The van der Waals surface area contributed by atoms with Gasteiger partial charge in [-0.3, -0.25) is 4.79 Å². The predicted molar refractivity (Wildman–Crippen MR) is 96.9 cm³/mol. The molecule has 3 N–H and O–H groups in total. The molecule has 0 atom stereocenters. The molecular weight excluding hydrogens is 385 g/mol. The van der Waals surface area contributed by atoms with Gasteiger partial charge >= 0.3 is 0 Å². The number of halogens is 2. The fourth-order valence-electron chi connectivity index (χ4n) is 2.01. The van der Waals surface area contributed by atoms with Crippen molar-refractivity contribution >= 4 is 40.9 Å². The lowest BCUT2D eigenvalue weighted by Crippen LogP contribution is -2.24. The maximum atomic E-state index is 11.9. The van der Waals surface area contributed by atoms with Crippen LogP contribution in [0.1, 0.15) is 5.76 Å². The van der Waals surface area contributed by atoms with Crippen molar-refractivity contribution < 1.29 is 9.21 Å². The standard InChI is InChI=1S/C15H13Cl2N5O2S/c16-9-3-4-12(17)11(6-9)14-20-21-15(22(14)18)25-8-13(23)19-7-10-2-1-5-24-10/h1-6H,7-8,18H2,(H,19,23). The van der Waals surface area contributed by atoms with E-state index in [1.54, 1.807) is 36.6 Å². The summed E-state index contributed by atoms with van der Waals surface area (Å²) in [6.07, 6.45) is 1.55. The summed E-state index contributed by atoms with van der Waals surface area (Å²) in [5, 5.41) is 12.1. The Bertz CT molecular complexity index is 882. The summed E-state index contributed by atoms with van der Waals surface area (Å²) in [4.78, 5) is 11.9. The fraction of sp³-hybridized carbons (Fsp3) is 0.133. The smallest absolute Gasteiger partial charge is 0.230 e.